The molecule has 1 fully saturated rings. The molecule has 1 aromatic heterocycles. The molecule has 1 saturated carbocycles. The average molecular weight is 385 g/mol. The normalized spacial score (nSPS) is 16.7. The van der Waals surface area contributed by atoms with Gasteiger partial charge in [-0.1, -0.05) is 19.3 Å². The monoisotopic (exact) mass is 384 g/mol. The van der Waals surface area contributed by atoms with Crippen molar-refractivity contribution in [1.29, 1.82) is 0 Å². The van der Waals surface area contributed by atoms with Gasteiger partial charge >= 0.3 is 0 Å². The van der Waals surface area contributed by atoms with Crippen LogP contribution in [0.3, 0.4) is 0 Å². The summed E-state index contributed by atoms with van der Waals surface area (Å²) in [5, 5.41) is 4.32. The van der Waals surface area contributed by atoms with Gasteiger partial charge in [-0.3, -0.25) is 9.48 Å². The Hall–Kier alpha value is -1.41. The number of nitrogens with one attached hydrogen (secondary N) is 1. The van der Waals surface area contributed by atoms with Crippen LogP contribution in [-0.2, 0) is 21.4 Å². The van der Waals surface area contributed by atoms with Gasteiger partial charge in [-0.25, -0.2) is 13.1 Å². The number of amides is 1. The summed E-state index contributed by atoms with van der Waals surface area (Å²) in [4.78, 5) is 14.6. The molecule has 1 N–H and O–H groups in total. The fraction of sp³-hybridized carbons (Fsp3) is 0.778. The summed E-state index contributed by atoms with van der Waals surface area (Å²) in [6, 6.07) is 0.277. The Kier molecular flexibility index (Phi) is 6.17. The van der Waals surface area contributed by atoms with E-state index >= 15 is 0 Å². The van der Waals surface area contributed by atoms with Gasteiger partial charge in [-0.15, -0.1) is 0 Å². The second-order valence-corrected chi connectivity index (χ2v) is 9.93. The van der Waals surface area contributed by atoms with Crippen molar-refractivity contribution in [3.05, 3.63) is 11.4 Å². The van der Waals surface area contributed by atoms with Gasteiger partial charge in [-0.05, 0) is 47.5 Å². The van der Waals surface area contributed by atoms with Gasteiger partial charge in [0.1, 0.15) is 11.4 Å². The Morgan fingerprint density at radius 1 is 1.23 bits per heavy atom. The van der Waals surface area contributed by atoms with E-state index in [1.807, 2.05) is 7.05 Å². The van der Waals surface area contributed by atoms with E-state index in [1.165, 1.54) is 11.1 Å². The molecule has 1 aliphatic carbocycles. The molecule has 0 atom stereocenters. The fourth-order valence-corrected chi connectivity index (χ4v) is 5.42. The number of aryl methyl sites for hydroxylation is 1. The van der Waals surface area contributed by atoms with Crippen LogP contribution in [0.4, 0.5) is 0 Å². The maximum atomic E-state index is 12.7. The van der Waals surface area contributed by atoms with Gasteiger partial charge in [0.2, 0.25) is 15.9 Å². The van der Waals surface area contributed by atoms with Gasteiger partial charge in [0.15, 0.2) is 0 Å². The Labute approximate surface area is 157 Å². The molecule has 1 aromatic rings. The maximum absolute atomic E-state index is 12.7. The molecule has 2 rings (SSSR count). The summed E-state index contributed by atoms with van der Waals surface area (Å²) in [6.07, 6.45) is 5.62. The number of carbonyl (C=O) groups excluding carboxylic acids is 1. The molecule has 0 aliphatic heterocycles. The molecule has 26 heavy (non-hydrogen) atoms. The first kappa shape index (κ1) is 20.9. The van der Waals surface area contributed by atoms with Crippen LogP contribution in [-0.4, -0.2) is 47.6 Å². The molecule has 0 saturated heterocycles. The largest absolute Gasteiger partial charge is 0.341 e. The van der Waals surface area contributed by atoms with Crippen molar-refractivity contribution in [2.24, 2.45) is 0 Å². The number of sulfonamides is 1. The zero-order valence-corrected chi connectivity index (χ0v) is 17.6. The van der Waals surface area contributed by atoms with Gasteiger partial charge in [-0.2, -0.15) is 5.10 Å². The van der Waals surface area contributed by atoms with Crippen molar-refractivity contribution in [2.75, 3.05) is 7.05 Å². The molecule has 0 aromatic carbocycles. The minimum atomic E-state index is -3.69. The zero-order chi connectivity index (χ0) is 19.7. The van der Waals surface area contributed by atoms with Crippen LogP contribution in [0.5, 0.6) is 0 Å². The van der Waals surface area contributed by atoms with Crippen molar-refractivity contribution in [3.8, 4) is 0 Å². The highest BCUT2D eigenvalue weighted by molar-refractivity contribution is 7.89. The second-order valence-electron chi connectivity index (χ2n) is 8.31. The molecule has 148 valence electrons. The smallest absolute Gasteiger partial charge is 0.244 e. The minimum absolute atomic E-state index is 0.0322. The first-order chi connectivity index (χ1) is 11.9. The lowest BCUT2D eigenvalue weighted by Crippen LogP contribution is -2.41. The van der Waals surface area contributed by atoms with E-state index < -0.39 is 15.6 Å². The van der Waals surface area contributed by atoms with Crippen LogP contribution in [0.25, 0.3) is 0 Å². The number of hydrogen-bond donors (Lipinski definition) is 1. The summed E-state index contributed by atoms with van der Waals surface area (Å²) in [6.45, 7) is 8.80. The summed E-state index contributed by atoms with van der Waals surface area (Å²) < 4.78 is 29.6. The third-order valence-electron chi connectivity index (χ3n) is 4.83. The van der Waals surface area contributed by atoms with Crippen LogP contribution in [0.1, 0.15) is 64.3 Å². The standard InChI is InChI=1S/C18H32N4O3S/c1-13-17(26(24,25)20-18(3,4)5)14(2)22(19-13)12-16(23)21(6)15-10-8-7-9-11-15/h15,20H,7-12H2,1-6H3. The van der Waals surface area contributed by atoms with E-state index in [4.69, 9.17) is 0 Å². The summed E-state index contributed by atoms with van der Waals surface area (Å²) in [5.41, 5.74) is 0.314. The average Bonchev–Trinajstić information content (AvgIpc) is 2.79. The van der Waals surface area contributed by atoms with E-state index in [0.717, 1.165) is 25.7 Å². The van der Waals surface area contributed by atoms with Gasteiger partial charge in [0.25, 0.3) is 0 Å². The van der Waals surface area contributed by atoms with E-state index in [-0.39, 0.29) is 23.4 Å². The van der Waals surface area contributed by atoms with E-state index in [1.54, 1.807) is 39.5 Å². The van der Waals surface area contributed by atoms with Crippen LogP contribution in [0.15, 0.2) is 4.90 Å². The first-order valence-electron chi connectivity index (χ1n) is 9.26. The predicted octanol–water partition coefficient (Wildman–Crippen LogP) is 2.37. The van der Waals surface area contributed by atoms with E-state index in [9.17, 15) is 13.2 Å². The highest BCUT2D eigenvalue weighted by Crippen LogP contribution is 2.23. The quantitative estimate of drug-likeness (QED) is 0.845. The molecule has 0 unspecified atom stereocenters. The van der Waals surface area contributed by atoms with Crippen LogP contribution >= 0.6 is 0 Å². The highest BCUT2D eigenvalue weighted by atomic mass is 32.2. The maximum Gasteiger partial charge on any atom is 0.244 e. The number of hydrogen-bond acceptors (Lipinski definition) is 4. The third kappa shape index (κ3) is 4.85. The van der Waals surface area contributed by atoms with E-state index in [2.05, 4.69) is 9.82 Å². The first-order valence-corrected chi connectivity index (χ1v) is 10.7. The summed E-state index contributed by atoms with van der Waals surface area (Å²) >= 11 is 0. The zero-order valence-electron chi connectivity index (χ0n) is 16.8. The summed E-state index contributed by atoms with van der Waals surface area (Å²) in [7, 11) is -1.86. The van der Waals surface area contributed by atoms with Crippen LogP contribution < -0.4 is 4.72 Å². The second kappa shape index (κ2) is 7.68. The van der Waals surface area contributed by atoms with Crippen molar-refractivity contribution in [3.63, 3.8) is 0 Å². The Morgan fingerprint density at radius 2 is 1.81 bits per heavy atom. The SMILES string of the molecule is Cc1nn(CC(=O)N(C)C2CCCCC2)c(C)c1S(=O)(=O)NC(C)(C)C. The van der Waals surface area contributed by atoms with Gasteiger partial charge in [0, 0.05) is 18.6 Å². The third-order valence-corrected chi connectivity index (χ3v) is 6.83. The molecule has 8 heteroatoms. The topological polar surface area (TPSA) is 84.3 Å². The summed E-state index contributed by atoms with van der Waals surface area (Å²) in [5.74, 6) is -0.0322. The number of rotatable bonds is 5. The number of nitrogens with zero attached hydrogens (tertiary/aromatic N) is 3. The molecule has 0 spiro atoms. The van der Waals surface area contributed by atoms with Crippen LogP contribution in [0, 0.1) is 13.8 Å². The molecule has 0 radical (unpaired) electrons. The Morgan fingerprint density at radius 3 is 2.35 bits per heavy atom. The number of aromatic nitrogens is 2. The van der Waals surface area contributed by atoms with Crippen LogP contribution in [0.2, 0.25) is 0 Å². The minimum Gasteiger partial charge on any atom is -0.341 e. The molecular weight excluding hydrogens is 352 g/mol. The lowest BCUT2D eigenvalue weighted by molar-refractivity contribution is -0.133. The Bertz CT molecular complexity index is 756. The van der Waals surface area contributed by atoms with E-state index in [0.29, 0.717) is 11.4 Å². The van der Waals surface area contributed by atoms with Crippen molar-refractivity contribution >= 4 is 15.9 Å². The lowest BCUT2D eigenvalue weighted by atomic mass is 9.94. The lowest BCUT2D eigenvalue weighted by Gasteiger charge is -2.31. The fourth-order valence-electron chi connectivity index (χ4n) is 3.59. The molecule has 1 aliphatic rings. The number of carbonyl (C=O) groups is 1. The van der Waals surface area contributed by atoms with Gasteiger partial charge < -0.3 is 4.90 Å². The van der Waals surface area contributed by atoms with Crippen molar-refractivity contribution in [2.45, 2.75) is 89.7 Å². The predicted molar refractivity (Wildman–Crippen MR) is 101 cm³/mol. The molecule has 1 heterocycles. The molecular formula is C18H32N4O3S. The molecule has 1 amide bonds. The number of likely N-dealkylation sites (N-methyl/N-ethyl adjacent to an activating group) is 1. The van der Waals surface area contributed by atoms with Crippen molar-refractivity contribution in [1.82, 2.24) is 19.4 Å². The Balaban J connectivity index is 2.20. The molecule has 7 nitrogen and oxygen atoms in total. The highest BCUT2D eigenvalue weighted by Gasteiger charge is 2.30. The molecule has 0 bridgehead atoms. The van der Waals surface area contributed by atoms with Gasteiger partial charge in [0.05, 0.1) is 11.4 Å². The van der Waals surface area contributed by atoms with Crippen molar-refractivity contribution < 1.29 is 13.2 Å².